The van der Waals surface area contributed by atoms with Crippen LogP contribution in [0.3, 0.4) is 0 Å². The van der Waals surface area contributed by atoms with E-state index in [1.807, 2.05) is 6.92 Å². The van der Waals surface area contributed by atoms with Gasteiger partial charge in [0.05, 0.1) is 0 Å². The summed E-state index contributed by atoms with van der Waals surface area (Å²) in [6, 6.07) is 4.69. The Morgan fingerprint density at radius 2 is 1.76 bits per heavy atom. The average Bonchev–Trinajstić information content (AvgIpc) is 2.42. The highest BCUT2D eigenvalue weighted by Crippen LogP contribution is 2.12. The molecule has 0 aliphatic rings. The fraction of sp³-hybridized carbons (Fsp3) is 0.357. The predicted octanol–water partition coefficient (Wildman–Crippen LogP) is 0.429. The van der Waals surface area contributed by atoms with Crippen LogP contribution in [0.15, 0.2) is 24.3 Å². The fourth-order valence-electron chi connectivity index (χ4n) is 1.71. The Morgan fingerprint density at radius 3 is 2.24 bits per heavy atom. The van der Waals surface area contributed by atoms with E-state index in [0.29, 0.717) is 5.56 Å². The first-order chi connectivity index (χ1) is 9.81. The lowest BCUT2D eigenvalue weighted by Gasteiger charge is -2.17. The van der Waals surface area contributed by atoms with E-state index in [-0.39, 0.29) is 12.8 Å². The zero-order chi connectivity index (χ0) is 16.0. The van der Waals surface area contributed by atoms with Gasteiger partial charge in [-0.05, 0) is 18.9 Å². The van der Waals surface area contributed by atoms with Gasteiger partial charge in [-0.25, -0.2) is 4.79 Å². The molecule has 1 amide bonds. The highest BCUT2D eigenvalue weighted by molar-refractivity contribution is 5.87. The van der Waals surface area contributed by atoms with Crippen molar-refractivity contribution in [3.63, 3.8) is 0 Å². The molecule has 0 aromatic heterocycles. The maximum atomic E-state index is 11.9. The van der Waals surface area contributed by atoms with Gasteiger partial charge in [-0.3, -0.25) is 9.59 Å². The van der Waals surface area contributed by atoms with Gasteiger partial charge >= 0.3 is 11.9 Å². The summed E-state index contributed by atoms with van der Waals surface area (Å²) in [6.45, 7) is 1.89. The number of carboxylic acid groups (broad SMARTS) is 2. The van der Waals surface area contributed by atoms with Gasteiger partial charge in [-0.1, -0.05) is 29.8 Å². The van der Waals surface area contributed by atoms with Gasteiger partial charge in [0.2, 0.25) is 5.91 Å². The van der Waals surface area contributed by atoms with Crippen LogP contribution in [-0.2, 0) is 14.4 Å². The molecular weight excluding hydrogens is 276 g/mol. The van der Waals surface area contributed by atoms with Crippen LogP contribution in [0.1, 0.15) is 30.0 Å². The number of amides is 1. The molecule has 0 radical (unpaired) electrons. The molecule has 1 aromatic rings. The van der Waals surface area contributed by atoms with Crippen LogP contribution in [0.25, 0.3) is 0 Å². The lowest BCUT2D eigenvalue weighted by Crippen LogP contribution is -2.45. The van der Waals surface area contributed by atoms with Gasteiger partial charge < -0.3 is 21.3 Å². The third-order valence-electron chi connectivity index (χ3n) is 2.98. The molecule has 0 aliphatic heterocycles. The van der Waals surface area contributed by atoms with Crippen LogP contribution >= 0.6 is 0 Å². The van der Waals surface area contributed by atoms with Crippen molar-refractivity contribution in [2.24, 2.45) is 5.73 Å². The standard InChI is InChI=1S/C14H18N2O5/c1-8-2-4-9(5-3-8)12(15)13(19)16-10(14(20)21)6-7-11(17)18/h2-5,10,12H,6-7,15H2,1H3,(H,16,19)(H,17,18)(H,20,21)/t10-,12?/m0/s1. The van der Waals surface area contributed by atoms with Crippen LogP contribution in [0.2, 0.25) is 0 Å². The van der Waals surface area contributed by atoms with E-state index in [4.69, 9.17) is 15.9 Å². The molecule has 1 aromatic carbocycles. The van der Waals surface area contributed by atoms with E-state index in [1.165, 1.54) is 0 Å². The molecule has 1 unspecified atom stereocenters. The third kappa shape index (κ3) is 5.23. The van der Waals surface area contributed by atoms with Gasteiger partial charge in [0, 0.05) is 6.42 Å². The van der Waals surface area contributed by atoms with Gasteiger partial charge in [-0.15, -0.1) is 0 Å². The molecule has 0 saturated heterocycles. The van der Waals surface area contributed by atoms with Crippen LogP contribution < -0.4 is 11.1 Å². The third-order valence-corrected chi connectivity index (χ3v) is 2.98. The first-order valence-corrected chi connectivity index (χ1v) is 6.38. The highest BCUT2D eigenvalue weighted by Gasteiger charge is 2.24. The number of rotatable bonds is 7. The van der Waals surface area contributed by atoms with Gasteiger partial charge in [0.15, 0.2) is 0 Å². The van der Waals surface area contributed by atoms with Crippen LogP contribution in [0.5, 0.6) is 0 Å². The molecule has 0 heterocycles. The second kappa shape index (κ2) is 7.39. The summed E-state index contributed by atoms with van der Waals surface area (Å²) in [6.07, 6.45) is -0.548. The van der Waals surface area contributed by atoms with E-state index in [2.05, 4.69) is 5.32 Å². The number of benzene rings is 1. The molecule has 0 spiro atoms. The molecule has 7 nitrogen and oxygen atoms in total. The summed E-state index contributed by atoms with van der Waals surface area (Å²) < 4.78 is 0. The van der Waals surface area contributed by atoms with E-state index in [1.54, 1.807) is 24.3 Å². The number of nitrogens with one attached hydrogen (secondary N) is 1. The normalized spacial score (nSPS) is 13.2. The molecule has 5 N–H and O–H groups in total. The number of carboxylic acids is 2. The average molecular weight is 294 g/mol. The summed E-state index contributed by atoms with van der Waals surface area (Å²) in [7, 11) is 0. The summed E-state index contributed by atoms with van der Waals surface area (Å²) in [4.78, 5) is 33.4. The Balaban J connectivity index is 2.70. The van der Waals surface area contributed by atoms with Crippen molar-refractivity contribution in [3.8, 4) is 0 Å². The molecule has 21 heavy (non-hydrogen) atoms. The second-order valence-corrected chi connectivity index (χ2v) is 4.72. The molecule has 0 fully saturated rings. The molecule has 2 atom stereocenters. The molecular formula is C14H18N2O5. The monoisotopic (exact) mass is 294 g/mol. The molecule has 0 aliphatic carbocycles. The SMILES string of the molecule is Cc1ccc(C(N)C(=O)N[C@@H](CCC(=O)O)C(=O)O)cc1. The number of nitrogens with two attached hydrogens (primary N) is 1. The quantitative estimate of drug-likeness (QED) is 0.577. The van der Waals surface area contributed by atoms with E-state index in [9.17, 15) is 14.4 Å². The summed E-state index contributed by atoms with van der Waals surface area (Å²) in [5.74, 6) is -3.07. The van der Waals surface area contributed by atoms with Crippen molar-refractivity contribution in [2.45, 2.75) is 31.8 Å². The summed E-state index contributed by atoms with van der Waals surface area (Å²) in [5, 5.41) is 19.8. The lowest BCUT2D eigenvalue weighted by atomic mass is 10.0. The van der Waals surface area contributed by atoms with Crippen molar-refractivity contribution in [1.29, 1.82) is 0 Å². The Kier molecular flexibility index (Phi) is 5.86. The van der Waals surface area contributed by atoms with Crippen LogP contribution in [-0.4, -0.2) is 34.1 Å². The lowest BCUT2D eigenvalue weighted by molar-refractivity contribution is -0.143. The van der Waals surface area contributed by atoms with E-state index >= 15 is 0 Å². The zero-order valence-corrected chi connectivity index (χ0v) is 11.6. The van der Waals surface area contributed by atoms with Gasteiger partial charge in [0.1, 0.15) is 12.1 Å². The summed E-state index contributed by atoms with van der Waals surface area (Å²) in [5.41, 5.74) is 7.34. The number of carbonyl (C=O) groups is 3. The zero-order valence-electron chi connectivity index (χ0n) is 11.6. The van der Waals surface area contributed by atoms with Crippen molar-refractivity contribution >= 4 is 17.8 Å². The topological polar surface area (TPSA) is 130 Å². The molecule has 1 rings (SSSR count). The molecule has 0 saturated carbocycles. The largest absolute Gasteiger partial charge is 0.481 e. The fourth-order valence-corrected chi connectivity index (χ4v) is 1.71. The first kappa shape index (κ1) is 16.6. The predicted molar refractivity (Wildman–Crippen MR) is 74.5 cm³/mol. The minimum atomic E-state index is -1.29. The Bertz CT molecular complexity index is 527. The Morgan fingerprint density at radius 1 is 1.19 bits per heavy atom. The van der Waals surface area contributed by atoms with Crippen molar-refractivity contribution < 1.29 is 24.6 Å². The number of aliphatic carboxylic acids is 2. The van der Waals surface area contributed by atoms with Crippen LogP contribution in [0.4, 0.5) is 0 Å². The Labute approximate surface area is 121 Å². The van der Waals surface area contributed by atoms with E-state index in [0.717, 1.165) is 5.56 Å². The van der Waals surface area contributed by atoms with Crippen LogP contribution in [0, 0.1) is 6.92 Å². The van der Waals surface area contributed by atoms with Gasteiger partial charge in [0.25, 0.3) is 0 Å². The number of hydrogen-bond acceptors (Lipinski definition) is 4. The van der Waals surface area contributed by atoms with Crippen molar-refractivity contribution in [3.05, 3.63) is 35.4 Å². The smallest absolute Gasteiger partial charge is 0.326 e. The van der Waals surface area contributed by atoms with Gasteiger partial charge in [-0.2, -0.15) is 0 Å². The second-order valence-electron chi connectivity index (χ2n) is 4.72. The maximum absolute atomic E-state index is 11.9. The molecule has 0 bridgehead atoms. The Hall–Kier alpha value is -2.41. The molecule has 7 heteroatoms. The maximum Gasteiger partial charge on any atom is 0.326 e. The van der Waals surface area contributed by atoms with E-state index < -0.39 is 29.9 Å². The number of hydrogen-bond donors (Lipinski definition) is 4. The minimum absolute atomic E-state index is 0.197. The first-order valence-electron chi connectivity index (χ1n) is 6.38. The highest BCUT2D eigenvalue weighted by atomic mass is 16.4. The van der Waals surface area contributed by atoms with Crippen molar-refractivity contribution in [2.75, 3.05) is 0 Å². The summed E-state index contributed by atoms with van der Waals surface area (Å²) >= 11 is 0. The number of carbonyl (C=O) groups excluding carboxylic acids is 1. The van der Waals surface area contributed by atoms with Crippen molar-refractivity contribution in [1.82, 2.24) is 5.32 Å². The molecule has 114 valence electrons. The number of aryl methyl sites for hydroxylation is 1. The minimum Gasteiger partial charge on any atom is -0.481 e.